The van der Waals surface area contributed by atoms with E-state index in [4.69, 9.17) is 0 Å². The van der Waals surface area contributed by atoms with E-state index in [9.17, 15) is 0 Å². The van der Waals surface area contributed by atoms with E-state index in [1.165, 1.54) is 19.8 Å². The second-order valence-electron chi connectivity index (χ2n) is 5.76. The van der Waals surface area contributed by atoms with Crippen LogP contribution in [0.3, 0.4) is 0 Å². The predicted octanol–water partition coefficient (Wildman–Crippen LogP) is 5.10. The molecule has 2 aromatic rings. The molecule has 0 amide bonds. The summed E-state index contributed by atoms with van der Waals surface area (Å²) in [6.45, 7) is 8.58. The van der Waals surface area contributed by atoms with Gasteiger partial charge in [0.2, 0.25) is 0 Å². The molecule has 3 heteroatoms. The Morgan fingerprint density at radius 3 is 2.21 bits per heavy atom. The number of benzene rings is 1. The normalized spacial score (nSPS) is 11.8. The molecular formula is C16H20BrNS. The summed E-state index contributed by atoms with van der Waals surface area (Å²) in [4.78, 5) is 1.36. The molecule has 1 heterocycles. The van der Waals surface area contributed by atoms with Crippen LogP contribution in [0.2, 0.25) is 0 Å². The van der Waals surface area contributed by atoms with Crippen molar-refractivity contribution in [3.63, 3.8) is 0 Å². The van der Waals surface area contributed by atoms with Crippen molar-refractivity contribution in [3.05, 3.63) is 56.2 Å². The standard InChI is InChI=1S/C16H20BrNS/c1-16(2,3)13-6-4-12(5-7-13)10-18-11-14-8-9-15(17)19-14/h4-9,18H,10-11H2,1-3H3. The van der Waals surface area contributed by atoms with Gasteiger partial charge in [0, 0.05) is 18.0 Å². The second-order valence-corrected chi connectivity index (χ2v) is 8.30. The van der Waals surface area contributed by atoms with E-state index < -0.39 is 0 Å². The number of thiophene rings is 1. The second kappa shape index (κ2) is 6.21. The molecule has 19 heavy (non-hydrogen) atoms. The van der Waals surface area contributed by atoms with Gasteiger partial charge in [-0.2, -0.15) is 0 Å². The maximum Gasteiger partial charge on any atom is 0.0701 e. The quantitative estimate of drug-likeness (QED) is 0.818. The Morgan fingerprint density at radius 1 is 1.00 bits per heavy atom. The van der Waals surface area contributed by atoms with E-state index in [1.54, 1.807) is 11.3 Å². The van der Waals surface area contributed by atoms with E-state index in [2.05, 4.69) is 78.4 Å². The molecule has 0 aliphatic heterocycles. The minimum atomic E-state index is 0.231. The maximum absolute atomic E-state index is 3.49. The van der Waals surface area contributed by atoms with Crippen molar-refractivity contribution >= 4 is 27.3 Å². The molecule has 0 saturated heterocycles. The lowest BCUT2D eigenvalue weighted by molar-refractivity contribution is 0.589. The van der Waals surface area contributed by atoms with Crippen molar-refractivity contribution in [1.29, 1.82) is 0 Å². The van der Waals surface area contributed by atoms with Crippen LogP contribution in [0.4, 0.5) is 0 Å². The molecule has 0 radical (unpaired) electrons. The summed E-state index contributed by atoms with van der Waals surface area (Å²) in [5.74, 6) is 0. The van der Waals surface area contributed by atoms with Crippen molar-refractivity contribution in [3.8, 4) is 0 Å². The monoisotopic (exact) mass is 337 g/mol. The Kier molecular flexibility index (Phi) is 4.82. The molecule has 0 fully saturated rings. The minimum Gasteiger partial charge on any atom is -0.308 e. The van der Waals surface area contributed by atoms with E-state index in [-0.39, 0.29) is 5.41 Å². The van der Waals surface area contributed by atoms with Crippen LogP contribution in [0.5, 0.6) is 0 Å². The highest BCUT2D eigenvalue weighted by molar-refractivity contribution is 9.11. The molecule has 0 aliphatic rings. The van der Waals surface area contributed by atoms with Gasteiger partial charge in [-0.3, -0.25) is 0 Å². The van der Waals surface area contributed by atoms with Gasteiger partial charge in [0.25, 0.3) is 0 Å². The lowest BCUT2D eigenvalue weighted by Crippen LogP contribution is -2.13. The van der Waals surface area contributed by atoms with Crippen molar-refractivity contribution in [2.24, 2.45) is 0 Å². The highest BCUT2D eigenvalue weighted by Gasteiger charge is 2.12. The smallest absolute Gasteiger partial charge is 0.0701 e. The fraction of sp³-hybridized carbons (Fsp3) is 0.375. The largest absolute Gasteiger partial charge is 0.308 e. The first-order valence-corrected chi connectivity index (χ1v) is 8.10. The molecule has 1 nitrogen and oxygen atoms in total. The van der Waals surface area contributed by atoms with Crippen molar-refractivity contribution in [1.82, 2.24) is 5.32 Å². The van der Waals surface area contributed by atoms with Crippen molar-refractivity contribution in [2.45, 2.75) is 39.3 Å². The lowest BCUT2D eigenvalue weighted by atomic mass is 9.87. The third-order valence-electron chi connectivity index (χ3n) is 3.08. The van der Waals surface area contributed by atoms with E-state index in [0.717, 1.165) is 13.1 Å². The molecule has 2 rings (SSSR count). The third kappa shape index (κ3) is 4.44. The first-order chi connectivity index (χ1) is 8.95. The van der Waals surface area contributed by atoms with Gasteiger partial charge in [-0.05, 0) is 44.6 Å². The summed E-state index contributed by atoms with van der Waals surface area (Å²) >= 11 is 5.27. The predicted molar refractivity (Wildman–Crippen MR) is 87.7 cm³/mol. The van der Waals surface area contributed by atoms with Gasteiger partial charge < -0.3 is 5.32 Å². The Morgan fingerprint density at radius 2 is 1.68 bits per heavy atom. The van der Waals surface area contributed by atoms with E-state index in [1.807, 2.05) is 0 Å². The van der Waals surface area contributed by atoms with Gasteiger partial charge >= 0.3 is 0 Å². The number of nitrogens with one attached hydrogen (secondary N) is 1. The van der Waals surface area contributed by atoms with Crippen LogP contribution in [-0.4, -0.2) is 0 Å². The van der Waals surface area contributed by atoms with Crippen LogP contribution in [0.1, 0.15) is 36.8 Å². The summed E-state index contributed by atoms with van der Waals surface area (Å²) < 4.78 is 1.19. The SMILES string of the molecule is CC(C)(C)c1ccc(CNCc2ccc(Br)s2)cc1. The molecule has 0 unspecified atom stereocenters. The van der Waals surface area contributed by atoms with Crippen LogP contribution in [0.15, 0.2) is 40.2 Å². The van der Waals surface area contributed by atoms with Crippen LogP contribution < -0.4 is 5.32 Å². The van der Waals surface area contributed by atoms with Gasteiger partial charge in [0.05, 0.1) is 3.79 Å². The van der Waals surface area contributed by atoms with Crippen molar-refractivity contribution < 1.29 is 0 Å². The van der Waals surface area contributed by atoms with E-state index >= 15 is 0 Å². The summed E-state index contributed by atoms with van der Waals surface area (Å²) in [7, 11) is 0. The fourth-order valence-electron chi connectivity index (χ4n) is 1.90. The highest BCUT2D eigenvalue weighted by Crippen LogP contribution is 2.23. The van der Waals surface area contributed by atoms with Gasteiger partial charge in [0.1, 0.15) is 0 Å². The van der Waals surface area contributed by atoms with Gasteiger partial charge in [-0.15, -0.1) is 11.3 Å². The zero-order valence-corrected chi connectivity index (χ0v) is 14.1. The van der Waals surface area contributed by atoms with Crippen molar-refractivity contribution in [2.75, 3.05) is 0 Å². The number of halogens is 1. The number of hydrogen-bond acceptors (Lipinski definition) is 2. The summed E-state index contributed by atoms with van der Waals surface area (Å²) in [5.41, 5.74) is 2.96. The fourth-order valence-corrected chi connectivity index (χ4v) is 3.35. The lowest BCUT2D eigenvalue weighted by Gasteiger charge is -2.19. The van der Waals surface area contributed by atoms with Gasteiger partial charge in [-0.25, -0.2) is 0 Å². The van der Waals surface area contributed by atoms with Crippen LogP contribution in [0, 0.1) is 0 Å². The van der Waals surface area contributed by atoms with Gasteiger partial charge in [0.15, 0.2) is 0 Å². The highest BCUT2D eigenvalue weighted by atomic mass is 79.9. The minimum absolute atomic E-state index is 0.231. The summed E-state index contributed by atoms with van der Waals surface area (Å²) in [6, 6.07) is 13.2. The average Bonchev–Trinajstić information content (AvgIpc) is 2.75. The molecule has 0 aliphatic carbocycles. The summed E-state index contributed by atoms with van der Waals surface area (Å²) in [6.07, 6.45) is 0. The Balaban J connectivity index is 1.86. The van der Waals surface area contributed by atoms with Gasteiger partial charge in [-0.1, -0.05) is 45.0 Å². The zero-order chi connectivity index (χ0) is 13.9. The molecule has 1 aromatic carbocycles. The van der Waals surface area contributed by atoms with Crippen LogP contribution in [-0.2, 0) is 18.5 Å². The molecule has 102 valence electrons. The molecule has 0 bridgehead atoms. The molecule has 0 atom stereocenters. The molecule has 0 saturated carbocycles. The first-order valence-electron chi connectivity index (χ1n) is 6.49. The molecule has 0 spiro atoms. The Bertz CT molecular complexity index is 522. The van der Waals surface area contributed by atoms with Crippen LogP contribution in [0.25, 0.3) is 0 Å². The molecule has 1 N–H and O–H groups in total. The van der Waals surface area contributed by atoms with Crippen LogP contribution >= 0.6 is 27.3 Å². The molecule has 1 aromatic heterocycles. The topological polar surface area (TPSA) is 12.0 Å². The van der Waals surface area contributed by atoms with E-state index in [0.29, 0.717) is 0 Å². The average molecular weight is 338 g/mol. The summed E-state index contributed by atoms with van der Waals surface area (Å²) in [5, 5.41) is 3.48. The maximum atomic E-state index is 3.49. The number of hydrogen-bond donors (Lipinski definition) is 1. The first kappa shape index (κ1) is 14.8. The zero-order valence-electron chi connectivity index (χ0n) is 11.7. The Labute approximate surface area is 128 Å². The Hall–Kier alpha value is -0.640. The molecular weight excluding hydrogens is 318 g/mol. The number of rotatable bonds is 4. The third-order valence-corrected chi connectivity index (χ3v) is 4.70.